The quantitative estimate of drug-likeness (QED) is 0.751. The molecule has 1 fully saturated rings. The zero-order valence-electron chi connectivity index (χ0n) is 10.1. The lowest BCUT2D eigenvalue weighted by Gasteiger charge is -2.30. The Hall–Kier alpha value is -0.710. The number of hydrogen-bond acceptors (Lipinski definition) is 3. The normalized spacial score (nSPS) is 25.5. The van der Waals surface area contributed by atoms with Crippen LogP contribution in [0.5, 0.6) is 0 Å². The Morgan fingerprint density at radius 3 is 2.31 bits per heavy atom. The average molecular weight is 244 g/mol. The minimum Gasteiger partial charge on any atom is -0.343 e. The molecule has 0 aromatic rings. The van der Waals surface area contributed by atoms with Crippen molar-refractivity contribution in [3.8, 4) is 0 Å². The predicted molar refractivity (Wildman–Crippen MR) is 66.3 cm³/mol. The van der Waals surface area contributed by atoms with Crippen LogP contribution in [0.25, 0.3) is 0 Å². The van der Waals surface area contributed by atoms with Gasteiger partial charge in [-0.05, 0) is 30.8 Å². The number of thioether (sulfide) groups is 1. The van der Waals surface area contributed by atoms with E-state index in [1.807, 2.05) is 20.1 Å². The average Bonchev–Trinajstić information content (AvgIpc) is 2.20. The molecule has 0 aliphatic carbocycles. The number of piperazine rings is 1. The fourth-order valence-electron chi connectivity index (χ4n) is 1.75. The van der Waals surface area contributed by atoms with Crippen LogP contribution >= 0.6 is 11.8 Å². The van der Waals surface area contributed by atoms with Gasteiger partial charge < -0.3 is 10.6 Å². The van der Waals surface area contributed by atoms with E-state index in [9.17, 15) is 9.59 Å². The Labute approximate surface area is 101 Å². The van der Waals surface area contributed by atoms with Crippen molar-refractivity contribution in [2.24, 2.45) is 5.92 Å². The van der Waals surface area contributed by atoms with Crippen molar-refractivity contribution in [2.75, 3.05) is 12.0 Å². The summed E-state index contributed by atoms with van der Waals surface area (Å²) in [5, 5.41) is 5.59. The molecule has 5 heteroatoms. The summed E-state index contributed by atoms with van der Waals surface area (Å²) >= 11 is 1.68. The third-order valence-electron chi connectivity index (χ3n) is 2.58. The Balaban J connectivity index is 2.50. The maximum absolute atomic E-state index is 11.7. The standard InChI is InChI=1S/C11H20N2O2S/c1-7(2)6-9-11(15)12-8(4-5-16-3)10(14)13-9/h7-9H,4-6H2,1-3H3,(H,12,15)(H,13,14)/t8-,9-/m0/s1. The SMILES string of the molecule is CSCC[C@@H]1NC(=O)[C@H](CC(C)C)NC1=O. The summed E-state index contributed by atoms with van der Waals surface area (Å²) in [6.07, 6.45) is 3.39. The van der Waals surface area contributed by atoms with Gasteiger partial charge in [-0.1, -0.05) is 13.8 Å². The van der Waals surface area contributed by atoms with Gasteiger partial charge in [-0.15, -0.1) is 0 Å². The molecule has 0 aromatic heterocycles. The molecule has 1 heterocycles. The second-order valence-corrected chi connectivity index (χ2v) is 5.52. The summed E-state index contributed by atoms with van der Waals surface area (Å²) in [6.45, 7) is 4.08. The molecule has 2 N–H and O–H groups in total. The molecule has 0 unspecified atom stereocenters. The summed E-state index contributed by atoms with van der Waals surface area (Å²) in [5.41, 5.74) is 0. The number of hydrogen-bond donors (Lipinski definition) is 2. The monoisotopic (exact) mass is 244 g/mol. The van der Waals surface area contributed by atoms with Crippen LogP contribution in [0.4, 0.5) is 0 Å². The van der Waals surface area contributed by atoms with E-state index in [4.69, 9.17) is 0 Å². The summed E-state index contributed by atoms with van der Waals surface area (Å²) in [4.78, 5) is 23.4. The van der Waals surface area contributed by atoms with Crippen molar-refractivity contribution in [2.45, 2.75) is 38.8 Å². The third kappa shape index (κ3) is 3.70. The molecule has 1 rings (SSSR count). The molecule has 1 aliphatic rings. The predicted octanol–water partition coefficient (Wildman–Crippen LogP) is 0.769. The first-order valence-electron chi connectivity index (χ1n) is 5.64. The molecule has 2 amide bonds. The van der Waals surface area contributed by atoms with Gasteiger partial charge in [-0.2, -0.15) is 11.8 Å². The number of carbonyl (C=O) groups is 2. The first-order chi connectivity index (χ1) is 7.54. The van der Waals surface area contributed by atoms with Gasteiger partial charge in [0.05, 0.1) is 0 Å². The number of nitrogens with one attached hydrogen (secondary N) is 2. The summed E-state index contributed by atoms with van der Waals surface area (Å²) < 4.78 is 0. The van der Waals surface area contributed by atoms with Crippen LogP contribution in [0.2, 0.25) is 0 Å². The summed E-state index contributed by atoms with van der Waals surface area (Å²) in [5.74, 6) is 1.20. The first-order valence-corrected chi connectivity index (χ1v) is 7.03. The lowest BCUT2D eigenvalue weighted by molar-refractivity contribution is -0.137. The highest BCUT2D eigenvalue weighted by Gasteiger charge is 2.33. The zero-order chi connectivity index (χ0) is 12.1. The molecular formula is C11H20N2O2S. The molecular weight excluding hydrogens is 224 g/mol. The zero-order valence-corrected chi connectivity index (χ0v) is 10.9. The van der Waals surface area contributed by atoms with E-state index in [0.717, 1.165) is 5.75 Å². The van der Waals surface area contributed by atoms with Crippen molar-refractivity contribution in [3.05, 3.63) is 0 Å². The third-order valence-corrected chi connectivity index (χ3v) is 3.23. The minimum atomic E-state index is -0.349. The van der Waals surface area contributed by atoms with E-state index < -0.39 is 0 Å². The van der Waals surface area contributed by atoms with Crippen LogP contribution in [-0.4, -0.2) is 35.9 Å². The second-order valence-electron chi connectivity index (χ2n) is 4.53. The Morgan fingerprint density at radius 2 is 1.75 bits per heavy atom. The largest absolute Gasteiger partial charge is 0.343 e. The van der Waals surface area contributed by atoms with Crippen molar-refractivity contribution in [3.63, 3.8) is 0 Å². The second kappa shape index (κ2) is 6.13. The van der Waals surface area contributed by atoms with Crippen molar-refractivity contribution in [1.29, 1.82) is 0 Å². The number of carbonyl (C=O) groups excluding carboxylic acids is 2. The Kier molecular flexibility index (Phi) is 5.12. The molecule has 0 spiro atoms. The molecule has 0 saturated carbocycles. The molecule has 0 bridgehead atoms. The van der Waals surface area contributed by atoms with E-state index in [0.29, 0.717) is 18.8 Å². The van der Waals surface area contributed by atoms with Gasteiger partial charge in [-0.3, -0.25) is 9.59 Å². The molecule has 0 aromatic carbocycles. The molecule has 0 radical (unpaired) electrons. The highest BCUT2D eigenvalue weighted by Crippen LogP contribution is 2.11. The lowest BCUT2D eigenvalue weighted by atomic mass is 9.99. The first kappa shape index (κ1) is 13.4. The summed E-state index contributed by atoms with van der Waals surface area (Å²) in [7, 11) is 0. The van der Waals surface area contributed by atoms with Crippen LogP contribution in [0, 0.1) is 5.92 Å². The van der Waals surface area contributed by atoms with Crippen LogP contribution in [0.15, 0.2) is 0 Å². The topological polar surface area (TPSA) is 58.2 Å². The Morgan fingerprint density at radius 1 is 1.19 bits per heavy atom. The van der Waals surface area contributed by atoms with Gasteiger partial charge in [0.25, 0.3) is 0 Å². The Bertz CT molecular complexity index is 269. The van der Waals surface area contributed by atoms with Gasteiger partial charge in [0.1, 0.15) is 12.1 Å². The molecule has 16 heavy (non-hydrogen) atoms. The lowest BCUT2D eigenvalue weighted by Crippen LogP contribution is -2.61. The molecule has 92 valence electrons. The maximum Gasteiger partial charge on any atom is 0.243 e. The molecule has 4 nitrogen and oxygen atoms in total. The number of rotatable bonds is 5. The van der Waals surface area contributed by atoms with Gasteiger partial charge >= 0.3 is 0 Å². The van der Waals surface area contributed by atoms with E-state index >= 15 is 0 Å². The van der Waals surface area contributed by atoms with Gasteiger partial charge in [0.15, 0.2) is 0 Å². The molecule has 1 aliphatic heterocycles. The van der Waals surface area contributed by atoms with E-state index in [2.05, 4.69) is 10.6 Å². The smallest absolute Gasteiger partial charge is 0.243 e. The minimum absolute atomic E-state index is 0.0422. The van der Waals surface area contributed by atoms with Gasteiger partial charge in [-0.25, -0.2) is 0 Å². The van der Waals surface area contributed by atoms with E-state index in [1.165, 1.54) is 0 Å². The molecule has 1 saturated heterocycles. The van der Waals surface area contributed by atoms with Gasteiger partial charge in [0.2, 0.25) is 11.8 Å². The van der Waals surface area contributed by atoms with Crippen LogP contribution in [0.1, 0.15) is 26.7 Å². The van der Waals surface area contributed by atoms with Crippen molar-refractivity contribution in [1.82, 2.24) is 10.6 Å². The number of amides is 2. The van der Waals surface area contributed by atoms with E-state index in [1.54, 1.807) is 11.8 Å². The van der Waals surface area contributed by atoms with Crippen molar-refractivity contribution < 1.29 is 9.59 Å². The highest BCUT2D eigenvalue weighted by atomic mass is 32.2. The van der Waals surface area contributed by atoms with Crippen LogP contribution < -0.4 is 10.6 Å². The fourth-order valence-corrected chi connectivity index (χ4v) is 2.22. The fraction of sp³-hybridized carbons (Fsp3) is 0.818. The van der Waals surface area contributed by atoms with E-state index in [-0.39, 0.29) is 23.9 Å². The molecule has 2 atom stereocenters. The highest BCUT2D eigenvalue weighted by molar-refractivity contribution is 7.98. The maximum atomic E-state index is 11.7. The van der Waals surface area contributed by atoms with Crippen LogP contribution in [-0.2, 0) is 9.59 Å². The van der Waals surface area contributed by atoms with Crippen molar-refractivity contribution >= 4 is 23.6 Å². The summed E-state index contributed by atoms with van der Waals surface area (Å²) in [6, 6.07) is -0.693. The van der Waals surface area contributed by atoms with Gasteiger partial charge in [0, 0.05) is 0 Å². The van der Waals surface area contributed by atoms with Crippen LogP contribution in [0.3, 0.4) is 0 Å².